The van der Waals surface area contributed by atoms with Crippen LogP contribution >= 0.6 is 0 Å². The molecule has 2 heterocycles. The Labute approximate surface area is 79.8 Å². The standard InChI is InChI=1S/C9H9F2N3/c10-9(11)6-4-14(5-7(6)9)8-12-2-1-3-13-8/h1-3,6-7H,4-5H2. The van der Waals surface area contributed by atoms with Crippen molar-refractivity contribution >= 4 is 5.95 Å². The first-order valence-electron chi connectivity index (χ1n) is 4.59. The highest BCUT2D eigenvalue weighted by Gasteiger charge is 2.71. The lowest BCUT2D eigenvalue weighted by Crippen LogP contribution is -2.28. The number of piperidine rings is 1. The molecule has 0 spiro atoms. The normalized spacial score (nSPS) is 32.9. The van der Waals surface area contributed by atoms with Crippen LogP contribution in [0.5, 0.6) is 0 Å². The molecule has 3 rings (SSSR count). The molecule has 14 heavy (non-hydrogen) atoms. The highest BCUT2D eigenvalue weighted by molar-refractivity contribution is 5.36. The number of anilines is 1. The molecule has 0 radical (unpaired) electrons. The second-order valence-corrected chi connectivity index (χ2v) is 3.84. The van der Waals surface area contributed by atoms with E-state index in [4.69, 9.17) is 0 Å². The van der Waals surface area contributed by atoms with Gasteiger partial charge >= 0.3 is 0 Å². The van der Waals surface area contributed by atoms with Gasteiger partial charge in [0.15, 0.2) is 0 Å². The molecule has 2 aliphatic rings. The van der Waals surface area contributed by atoms with Gasteiger partial charge in [0.05, 0.1) is 11.8 Å². The van der Waals surface area contributed by atoms with Gasteiger partial charge in [-0.1, -0.05) is 0 Å². The van der Waals surface area contributed by atoms with E-state index in [0.717, 1.165) is 0 Å². The molecule has 0 N–H and O–H groups in total. The van der Waals surface area contributed by atoms with E-state index < -0.39 is 17.8 Å². The average molecular weight is 197 g/mol. The predicted octanol–water partition coefficient (Wildman–Crippen LogP) is 1.18. The molecule has 1 saturated carbocycles. The third-order valence-electron chi connectivity index (χ3n) is 3.03. The Morgan fingerprint density at radius 1 is 1.21 bits per heavy atom. The number of alkyl halides is 2. The fourth-order valence-electron chi connectivity index (χ4n) is 2.13. The number of halogens is 2. The molecule has 1 aromatic heterocycles. The lowest BCUT2D eigenvalue weighted by atomic mass is 10.4. The van der Waals surface area contributed by atoms with Crippen LogP contribution in [0, 0.1) is 11.8 Å². The molecule has 1 saturated heterocycles. The molecular formula is C9H9F2N3. The third-order valence-corrected chi connectivity index (χ3v) is 3.03. The lowest BCUT2D eigenvalue weighted by Gasteiger charge is -2.18. The van der Waals surface area contributed by atoms with Crippen molar-refractivity contribution in [2.24, 2.45) is 11.8 Å². The molecule has 0 aromatic carbocycles. The summed E-state index contributed by atoms with van der Waals surface area (Å²) in [4.78, 5) is 9.89. The average Bonchev–Trinajstić information content (AvgIpc) is 2.62. The van der Waals surface area contributed by atoms with Gasteiger partial charge in [0.25, 0.3) is 5.92 Å². The SMILES string of the molecule is FC1(F)C2CN(c3ncccn3)CC21. The molecule has 74 valence electrons. The quantitative estimate of drug-likeness (QED) is 0.676. The number of hydrogen-bond acceptors (Lipinski definition) is 3. The van der Waals surface area contributed by atoms with Crippen LogP contribution in [0.3, 0.4) is 0 Å². The van der Waals surface area contributed by atoms with Gasteiger partial charge in [-0.15, -0.1) is 0 Å². The van der Waals surface area contributed by atoms with Crippen molar-refractivity contribution in [1.29, 1.82) is 0 Å². The number of hydrogen-bond donors (Lipinski definition) is 0. The minimum atomic E-state index is -2.43. The van der Waals surface area contributed by atoms with E-state index in [2.05, 4.69) is 9.97 Å². The topological polar surface area (TPSA) is 29.0 Å². The summed E-state index contributed by atoms with van der Waals surface area (Å²) in [5.41, 5.74) is 0. The van der Waals surface area contributed by atoms with Gasteiger partial charge in [0.1, 0.15) is 0 Å². The predicted molar refractivity (Wildman–Crippen MR) is 46.2 cm³/mol. The summed E-state index contributed by atoms with van der Waals surface area (Å²) < 4.78 is 25.7. The first kappa shape index (κ1) is 8.08. The Kier molecular flexibility index (Phi) is 1.39. The van der Waals surface area contributed by atoms with E-state index in [-0.39, 0.29) is 0 Å². The zero-order valence-electron chi connectivity index (χ0n) is 7.40. The zero-order valence-corrected chi connectivity index (χ0v) is 7.40. The maximum atomic E-state index is 12.9. The molecule has 2 fully saturated rings. The summed E-state index contributed by atoms with van der Waals surface area (Å²) in [6.45, 7) is 0.781. The van der Waals surface area contributed by atoms with Crippen molar-refractivity contribution in [3.63, 3.8) is 0 Å². The summed E-state index contributed by atoms with van der Waals surface area (Å²) >= 11 is 0. The van der Waals surface area contributed by atoms with Gasteiger partial charge in [0, 0.05) is 25.5 Å². The maximum absolute atomic E-state index is 12.9. The van der Waals surface area contributed by atoms with Crippen molar-refractivity contribution < 1.29 is 8.78 Å². The van der Waals surface area contributed by atoms with Gasteiger partial charge in [-0.3, -0.25) is 0 Å². The molecular weight excluding hydrogens is 188 g/mol. The van der Waals surface area contributed by atoms with E-state index in [1.807, 2.05) is 4.90 Å². The smallest absolute Gasteiger partial charge is 0.258 e. The molecule has 1 aliphatic heterocycles. The van der Waals surface area contributed by atoms with Crippen LogP contribution in [-0.2, 0) is 0 Å². The summed E-state index contributed by atoms with van der Waals surface area (Å²) in [6, 6.07) is 1.72. The number of rotatable bonds is 1. The van der Waals surface area contributed by atoms with Crippen LogP contribution < -0.4 is 4.90 Å². The fraction of sp³-hybridized carbons (Fsp3) is 0.556. The van der Waals surface area contributed by atoms with Crippen LogP contribution in [0.15, 0.2) is 18.5 Å². The minimum absolute atomic E-state index is 0.391. The first-order valence-corrected chi connectivity index (χ1v) is 4.59. The van der Waals surface area contributed by atoms with Crippen molar-refractivity contribution in [2.75, 3.05) is 18.0 Å². The Balaban J connectivity index is 1.76. The molecule has 0 amide bonds. The highest BCUT2D eigenvalue weighted by atomic mass is 19.3. The van der Waals surface area contributed by atoms with Crippen molar-refractivity contribution in [1.82, 2.24) is 9.97 Å². The Morgan fingerprint density at radius 2 is 1.79 bits per heavy atom. The first-order chi connectivity index (χ1) is 6.69. The number of aromatic nitrogens is 2. The van der Waals surface area contributed by atoms with Crippen LogP contribution in [0.1, 0.15) is 0 Å². The molecule has 3 nitrogen and oxygen atoms in total. The molecule has 5 heteroatoms. The van der Waals surface area contributed by atoms with E-state index in [1.54, 1.807) is 18.5 Å². The zero-order chi connectivity index (χ0) is 9.76. The molecule has 2 atom stereocenters. The van der Waals surface area contributed by atoms with Crippen molar-refractivity contribution in [3.05, 3.63) is 18.5 Å². The Bertz CT molecular complexity index is 340. The Hall–Kier alpha value is -1.26. The van der Waals surface area contributed by atoms with Crippen LogP contribution in [-0.4, -0.2) is 29.0 Å². The second-order valence-electron chi connectivity index (χ2n) is 3.84. The van der Waals surface area contributed by atoms with Crippen LogP contribution in [0.2, 0.25) is 0 Å². The summed E-state index contributed by atoms with van der Waals surface area (Å²) in [5, 5.41) is 0. The Morgan fingerprint density at radius 3 is 2.36 bits per heavy atom. The maximum Gasteiger partial charge on any atom is 0.258 e. The van der Waals surface area contributed by atoms with Crippen LogP contribution in [0.25, 0.3) is 0 Å². The minimum Gasteiger partial charge on any atom is -0.340 e. The van der Waals surface area contributed by atoms with Gasteiger partial charge < -0.3 is 4.90 Å². The third kappa shape index (κ3) is 0.951. The second kappa shape index (κ2) is 2.40. The summed E-state index contributed by atoms with van der Waals surface area (Å²) in [7, 11) is 0. The van der Waals surface area contributed by atoms with E-state index in [0.29, 0.717) is 19.0 Å². The molecule has 0 bridgehead atoms. The summed E-state index contributed by atoms with van der Waals surface area (Å²) in [5.74, 6) is -2.79. The molecule has 2 unspecified atom stereocenters. The largest absolute Gasteiger partial charge is 0.340 e. The van der Waals surface area contributed by atoms with Gasteiger partial charge in [-0.05, 0) is 6.07 Å². The fourth-order valence-corrected chi connectivity index (χ4v) is 2.13. The highest BCUT2D eigenvalue weighted by Crippen LogP contribution is 2.59. The van der Waals surface area contributed by atoms with Gasteiger partial charge in [-0.25, -0.2) is 18.7 Å². The van der Waals surface area contributed by atoms with E-state index in [1.165, 1.54) is 0 Å². The van der Waals surface area contributed by atoms with Gasteiger partial charge in [-0.2, -0.15) is 0 Å². The van der Waals surface area contributed by atoms with E-state index >= 15 is 0 Å². The number of nitrogens with zero attached hydrogens (tertiary/aromatic N) is 3. The van der Waals surface area contributed by atoms with Crippen molar-refractivity contribution in [3.8, 4) is 0 Å². The molecule has 1 aliphatic carbocycles. The van der Waals surface area contributed by atoms with Crippen molar-refractivity contribution in [2.45, 2.75) is 5.92 Å². The van der Waals surface area contributed by atoms with Gasteiger partial charge in [0.2, 0.25) is 5.95 Å². The van der Waals surface area contributed by atoms with Crippen LogP contribution in [0.4, 0.5) is 14.7 Å². The lowest BCUT2D eigenvalue weighted by molar-refractivity contribution is 0.0796. The van der Waals surface area contributed by atoms with E-state index in [9.17, 15) is 8.78 Å². The number of fused-ring (bicyclic) bond motifs is 1. The summed E-state index contributed by atoms with van der Waals surface area (Å²) in [6.07, 6.45) is 3.26. The monoisotopic (exact) mass is 197 g/mol. The molecule has 1 aromatic rings.